The molecule has 0 atom stereocenters. The molecule has 0 radical (unpaired) electrons. The highest BCUT2D eigenvalue weighted by Gasteiger charge is 2.15. The molecule has 0 unspecified atom stereocenters. The molecule has 1 N–H and O–H groups in total. The molecule has 0 bridgehead atoms. The summed E-state index contributed by atoms with van der Waals surface area (Å²) in [5.74, 6) is 1.77. The third-order valence-electron chi connectivity index (χ3n) is 3.33. The van der Waals surface area contributed by atoms with Crippen molar-refractivity contribution in [3.8, 4) is 11.5 Å². The largest absolute Gasteiger partial charge is 0.493 e. The van der Waals surface area contributed by atoms with Gasteiger partial charge >= 0.3 is 0 Å². The summed E-state index contributed by atoms with van der Waals surface area (Å²) in [7, 11) is 3.42. The van der Waals surface area contributed by atoms with Gasteiger partial charge < -0.3 is 14.8 Å². The quantitative estimate of drug-likeness (QED) is 0.852. The van der Waals surface area contributed by atoms with E-state index in [-0.39, 0.29) is 0 Å². The van der Waals surface area contributed by atoms with Crippen LogP contribution in [0.15, 0.2) is 12.1 Å². The van der Waals surface area contributed by atoms with Crippen molar-refractivity contribution < 1.29 is 9.47 Å². The van der Waals surface area contributed by atoms with Crippen molar-refractivity contribution in [2.75, 3.05) is 27.3 Å². The molecule has 0 spiro atoms. The molecule has 0 aliphatic carbocycles. The van der Waals surface area contributed by atoms with Crippen LogP contribution in [0.4, 0.5) is 0 Å². The van der Waals surface area contributed by atoms with E-state index >= 15 is 0 Å². The minimum absolute atomic E-state index is 0.846. The van der Waals surface area contributed by atoms with Gasteiger partial charge in [0, 0.05) is 5.56 Å². The summed E-state index contributed by atoms with van der Waals surface area (Å²) in [6, 6.07) is 4.20. The molecule has 1 aromatic rings. The highest BCUT2D eigenvalue weighted by molar-refractivity contribution is 5.51. The molecule has 1 heterocycles. The second kappa shape index (κ2) is 5.92. The summed E-state index contributed by atoms with van der Waals surface area (Å²) in [5.41, 5.74) is 2.74. The minimum atomic E-state index is 0.846. The number of benzene rings is 1. The molecule has 0 saturated heterocycles. The minimum Gasteiger partial charge on any atom is -0.493 e. The van der Waals surface area contributed by atoms with E-state index in [1.807, 2.05) is 6.07 Å². The van der Waals surface area contributed by atoms with Gasteiger partial charge in [-0.2, -0.15) is 0 Å². The van der Waals surface area contributed by atoms with Gasteiger partial charge in [0.2, 0.25) is 0 Å². The fourth-order valence-electron chi connectivity index (χ4n) is 2.46. The van der Waals surface area contributed by atoms with Gasteiger partial charge in [-0.1, -0.05) is 6.07 Å². The summed E-state index contributed by atoms with van der Waals surface area (Å²) in [4.78, 5) is 0. The summed E-state index contributed by atoms with van der Waals surface area (Å²) < 4.78 is 10.9. The Morgan fingerprint density at radius 2 is 1.76 bits per heavy atom. The predicted octanol–water partition coefficient (Wildman–Crippen LogP) is 2.17. The van der Waals surface area contributed by atoms with Crippen LogP contribution in [0.3, 0.4) is 0 Å². The first-order chi connectivity index (χ1) is 8.36. The predicted molar refractivity (Wildman–Crippen MR) is 69.1 cm³/mol. The Morgan fingerprint density at radius 1 is 1.00 bits per heavy atom. The molecular formula is C14H21NO2. The number of aryl methyl sites for hydroxylation is 1. The first-order valence-corrected chi connectivity index (χ1v) is 6.30. The van der Waals surface area contributed by atoms with E-state index in [9.17, 15) is 0 Å². The van der Waals surface area contributed by atoms with E-state index < -0.39 is 0 Å². The van der Waals surface area contributed by atoms with Crippen LogP contribution in [0.1, 0.15) is 24.0 Å². The lowest BCUT2D eigenvalue weighted by atomic mass is 9.98. The average Bonchev–Trinajstić information content (AvgIpc) is 2.48. The fourth-order valence-corrected chi connectivity index (χ4v) is 2.46. The first-order valence-electron chi connectivity index (χ1n) is 6.30. The Bertz CT molecular complexity index is 377. The van der Waals surface area contributed by atoms with E-state index in [4.69, 9.17) is 9.47 Å². The smallest absolute Gasteiger partial charge is 0.164 e. The average molecular weight is 235 g/mol. The first kappa shape index (κ1) is 12.2. The summed E-state index contributed by atoms with van der Waals surface area (Å²) in [6.07, 6.45) is 4.50. The zero-order valence-corrected chi connectivity index (χ0v) is 10.7. The molecule has 0 amide bonds. The molecular weight excluding hydrogens is 214 g/mol. The third kappa shape index (κ3) is 2.72. The lowest BCUT2D eigenvalue weighted by Crippen LogP contribution is -2.16. The van der Waals surface area contributed by atoms with Gasteiger partial charge in [0.1, 0.15) is 0 Å². The Balaban J connectivity index is 2.38. The van der Waals surface area contributed by atoms with Crippen molar-refractivity contribution in [3.05, 3.63) is 23.3 Å². The number of methoxy groups -OCH3 is 2. The maximum Gasteiger partial charge on any atom is 0.164 e. The Hall–Kier alpha value is -1.22. The number of rotatable bonds is 2. The number of hydrogen-bond acceptors (Lipinski definition) is 3. The topological polar surface area (TPSA) is 30.5 Å². The van der Waals surface area contributed by atoms with Gasteiger partial charge in [0.25, 0.3) is 0 Å². The molecule has 0 saturated carbocycles. The molecule has 0 aromatic heterocycles. The van der Waals surface area contributed by atoms with Gasteiger partial charge in [-0.25, -0.2) is 0 Å². The zero-order chi connectivity index (χ0) is 12.1. The van der Waals surface area contributed by atoms with Crippen molar-refractivity contribution in [3.63, 3.8) is 0 Å². The Morgan fingerprint density at radius 3 is 2.47 bits per heavy atom. The van der Waals surface area contributed by atoms with Crippen LogP contribution >= 0.6 is 0 Å². The van der Waals surface area contributed by atoms with Crippen molar-refractivity contribution in [2.24, 2.45) is 0 Å². The summed E-state index contributed by atoms with van der Waals surface area (Å²) in [5, 5.41) is 3.46. The molecule has 17 heavy (non-hydrogen) atoms. The van der Waals surface area contributed by atoms with Gasteiger partial charge in [0.15, 0.2) is 11.5 Å². The van der Waals surface area contributed by atoms with Gasteiger partial charge in [0.05, 0.1) is 14.2 Å². The van der Waals surface area contributed by atoms with E-state index in [0.29, 0.717) is 0 Å². The number of ether oxygens (including phenoxy) is 2. The van der Waals surface area contributed by atoms with E-state index in [1.54, 1.807) is 14.2 Å². The van der Waals surface area contributed by atoms with Crippen LogP contribution in [0.25, 0.3) is 0 Å². The molecule has 1 aliphatic rings. The molecule has 2 rings (SSSR count). The standard InChI is InChI=1S/C14H21NO2/c1-16-13-8-7-11-5-3-9-15-10-4-6-12(11)14(13)17-2/h7-8,15H,3-6,9-10H2,1-2H3. The number of nitrogens with one attached hydrogen (secondary N) is 1. The molecule has 94 valence electrons. The molecule has 0 fully saturated rings. The van der Waals surface area contributed by atoms with Gasteiger partial charge in [-0.3, -0.25) is 0 Å². The van der Waals surface area contributed by atoms with Crippen molar-refractivity contribution in [1.29, 1.82) is 0 Å². The zero-order valence-electron chi connectivity index (χ0n) is 10.7. The van der Waals surface area contributed by atoms with E-state index in [0.717, 1.165) is 43.9 Å². The molecule has 1 aromatic carbocycles. The molecule has 3 heteroatoms. The van der Waals surface area contributed by atoms with Gasteiger partial charge in [-0.05, 0) is 50.4 Å². The lowest BCUT2D eigenvalue weighted by molar-refractivity contribution is 0.351. The normalized spacial score (nSPS) is 16.4. The van der Waals surface area contributed by atoms with Crippen molar-refractivity contribution >= 4 is 0 Å². The lowest BCUT2D eigenvalue weighted by Gasteiger charge is -2.16. The van der Waals surface area contributed by atoms with Crippen LogP contribution in [0.2, 0.25) is 0 Å². The van der Waals surface area contributed by atoms with E-state index in [1.165, 1.54) is 17.5 Å². The van der Waals surface area contributed by atoms with Crippen molar-refractivity contribution in [1.82, 2.24) is 5.32 Å². The highest BCUT2D eigenvalue weighted by atomic mass is 16.5. The molecule has 1 aliphatic heterocycles. The number of hydrogen-bond donors (Lipinski definition) is 1. The number of fused-ring (bicyclic) bond motifs is 1. The van der Waals surface area contributed by atoms with Crippen LogP contribution in [-0.4, -0.2) is 27.3 Å². The monoisotopic (exact) mass is 235 g/mol. The second-order valence-corrected chi connectivity index (χ2v) is 4.40. The van der Waals surface area contributed by atoms with E-state index in [2.05, 4.69) is 11.4 Å². The van der Waals surface area contributed by atoms with Crippen LogP contribution < -0.4 is 14.8 Å². The summed E-state index contributed by atoms with van der Waals surface area (Å²) >= 11 is 0. The van der Waals surface area contributed by atoms with Gasteiger partial charge in [-0.15, -0.1) is 0 Å². The maximum absolute atomic E-state index is 5.53. The van der Waals surface area contributed by atoms with Crippen LogP contribution in [-0.2, 0) is 12.8 Å². The SMILES string of the molecule is COc1ccc2c(c1OC)CCCNCCC2. The van der Waals surface area contributed by atoms with Crippen LogP contribution in [0, 0.1) is 0 Å². The maximum atomic E-state index is 5.53. The second-order valence-electron chi connectivity index (χ2n) is 4.40. The molecule has 3 nitrogen and oxygen atoms in total. The third-order valence-corrected chi connectivity index (χ3v) is 3.33. The highest BCUT2D eigenvalue weighted by Crippen LogP contribution is 2.35. The van der Waals surface area contributed by atoms with Crippen molar-refractivity contribution in [2.45, 2.75) is 25.7 Å². The Kier molecular flexibility index (Phi) is 4.26. The Labute approximate surface area is 103 Å². The van der Waals surface area contributed by atoms with Crippen LogP contribution in [0.5, 0.6) is 11.5 Å². The summed E-state index contributed by atoms with van der Waals surface area (Å²) in [6.45, 7) is 2.19. The fraction of sp³-hybridized carbons (Fsp3) is 0.571.